The van der Waals surface area contributed by atoms with Crippen molar-refractivity contribution in [2.24, 2.45) is 11.8 Å². The molecule has 5 nitrogen and oxygen atoms in total. The quantitative estimate of drug-likeness (QED) is 0.468. The van der Waals surface area contributed by atoms with Crippen LogP contribution in [0.1, 0.15) is 24.0 Å². The van der Waals surface area contributed by atoms with Crippen LogP contribution in [0.15, 0.2) is 48.7 Å². The molecular formula is C25H23F4N3O2S2. The number of thiazole rings is 1. The van der Waals surface area contributed by atoms with Crippen LogP contribution in [-0.2, 0) is 23.1 Å². The molecule has 190 valence electrons. The molecule has 2 aromatic carbocycles. The van der Waals surface area contributed by atoms with Crippen LogP contribution in [0.4, 0.5) is 17.6 Å². The van der Waals surface area contributed by atoms with Crippen molar-refractivity contribution in [3.05, 3.63) is 65.6 Å². The average molecular weight is 538 g/mol. The molecule has 2 bridgehead atoms. The number of nitrogens with one attached hydrogen (secondary N) is 1. The zero-order valence-electron chi connectivity index (χ0n) is 19.1. The van der Waals surface area contributed by atoms with Crippen molar-refractivity contribution < 1.29 is 26.0 Å². The number of aromatic nitrogens is 1. The number of halogens is 4. The minimum Gasteiger partial charge on any atom is -0.244 e. The highest BCUT2D eigenvalue weighted by atomic mass is 32.2. The van der Waals surface area contributed by atoms with Crippen molar-refractivity contribution in [3.63, 3.8) is 0 Å². The van der Waals surface area contributed by atoms with Crippen molar-refractivity contribution in [2.75, 3.05) is 13.1 Å². The maximum Gasteiger partial charge on any atom is 0.402 e. The van der Waals surface area contributed by atoms with E-state index < -0.39 is 28.5 Å². The van der Waals surface area contributed by atoms with E-state index >= 15 is 0 Å². The normalized spacial score (nSPS) is 27.3. The van der Waals surface area contributed by atoms with Gasteiger partial charge >= 0.3 is 6.18 Å². The zero-order chi connectivity index (χ0) is 25.3. The molecule has 2 heterocycles. The fraction of sp³-hybridized carbons (Fsp3) is 0.400. The molecule has 36 heavy (non-hydrogen) atoms. The van der Waals surface area contributed by atoms with E-state index in [4.69, 9.17) is 0 Å². The van der Waals surface area contributed by atoms with Crippen LogP contribution in [0.5, 0.6) is 0 Å². The summed E-state index contributed by atoms with van der Waals surface area (Å²) in [5.41, 5.74) is 2.95. The molecule has 2 aliphatic carbocycles. The molecule has 1 saturated carbocycles. The topological polar surface area (TPSA) is 62.3 Å². The van der Waals surface area contributed by atoms with E-state index in [-0.39, 0.29) is 24.2 Å². The summed E-state index contributed by atoms with van der Waals surface area (Å²) in [5, 5.41) is 0.791. The second kappa shape index (κ2) is 8.34. The van der Waals surface area contributed by atoms with E-state index in [1.54, 1.807) is 12.3 Å². The molecule has 3 aromatic rings. The van der Waals surface area contributed by atoms with Gasteiger partial charge in [-0.05, 0) is 72.4 Å². The smallest absolute Gasteiger partial charge is 0.244 e. The van der Waals surface area contributed by atoms with E-state index in [0.717, 1.165) is 45.0 Å². The van der Waals surface area contributed by atoms with Crippen LogP contribution >= 0.6 is 11.3 Å². The Kier molecular flexibility index (Phi) is 5.56. The SMILES string of the molecule is O=S1(=O)NC2(CN1CC(F)(F)F)C1CCC2Cc2cc(-c3ncc(-c4cccc(F)c4)s3)ccc2C1. The Balaban J connectivity index is 1.29. The number of alkyl halides is 3. The molecule has 3 aliphatic rings. The van der Waals surface area contributed by atoms with Gasteiger partial charge in [0.1, 0.15) is 17.4 Å². The van der Waals surface area contributed by atoms with Crippen molar-refractivity contribution in [3.8, 4) is 21.0 Å². The average Bonchev–Trinajstić information content (AvgIpc) is 3.43. The predicted molar refractivity (Wildman–Crippen MR) is 129 cm³/mol. The molecule has 1 N–H and O–H groups in total. The van der Waals surface area contributed by atoms with Gasteiger partial charge < -0.3 is 0 Å². The third-order valence-corrected chi connectivity index (χ3v) is 10.4. The van der Waals surface area contributed by atoms with E-state index in [1.807, 2.05) is 18.2 Å². The Hall–Kier alpha value is -2.34. The van der Waals surface area contributed by atoms with E-state index in [9.17, 15) is 26.0 Å². The molecule has 2 fully saturated rings. The standard InChI is InChI=1S/C25H23F4N3O2S2/c26-21-3-1-2-16(11-21)22-12-30-23(35-22)17-5-4-15-9-19-6-7-20(10-18(15)8-17)24(19)13-32(14-25(27,28)29)36(33,34)31-24/h1-5,8,11-12,19-20,31H,6-7,9-10,13-14H2. The van der Waals surface area contributed by atoms with Crippen LogP contribution < -0.4 is 4.72 Å². The lowest BCUT2D eigenvalue weighted by atomic mass is 9.79. The minimum atomic E-state index is -4.60. The summed E-state index contributed by atoms with van der Waals surface area (Å²) in [6, 6.07) is 12.4. The lowest BCUT2D eigenvalue weighted by Crippen LogP contribution is -2.52. The Morgan fingerprint density at radius 3 is 2.53 bits per heavy atom. The van der Waals surface area contributed by atoms with Crippen LogP contribution in [0, 0.1) is 17.7 Å². The third-order valence-electron chi connectivity index (χ3n) is 7.77. The second-order valence-corrected chi connectivity index (χ2v) is 12.6. The molecule has 11 heteroatoms. The monoisotopic (exact) mass is 537 g/mol. The molecular weight excluding hydrogens is 514 g/mol. The summed E-state index contributed by atoms with van der Waals surface area (Å²) in [7, 11) is -4.21. The molecule has 0 radical (unpaired) electrons. The summed E-state index contributed by atoms with van der Waals surface area (Å²) < 4.78 is 81.5. The fourth-order valence-electron chi connectivity index (χ4n) is 6.16. The number of fused-ring (bicyclic) bond motifs is 1. The maximum absolute atomic E-state index is 13.6. The van der Waals surface area contributed by atoms with Gasteiger partial charge in [0.2, 0.25) is 0 Å². The number of rotatable bonds is 3. The summed E-state index contributed by atoms with van der Waals surface area (Å²) >= 11 is 1.46. The third kappa shape index (κ3) is 4.15. The van der Waals surface area contributed by atoms with Gasteiger partial charge in [-0.15, -0.1) is 11.3 Å². The highest BCUT2D eigenvalue weighted by molar-refractivity contribution is 7.87. The summed E-state index contributed by atoms with van der Waals surface area (Å²) in [5.74, 6) is -0.471. The molecule has 3 atom stereocenters. The van der Waals surface area contributed by atoms with Crippen LogP contribution in [0.2, 0.25) is 0 Å². The van der Waals surface area contributed by atoms with E-state index in [0.29, 0.717) is 17.1 Å². The van der Waals surface area contributed by atoms with Crippen molar-refractivity contribution in [1.82, 2.24) is 14.0 Å². The highest BCUT2D eigenvalue weighted by Crippen LogP contribution is 2.51. The molecule has 1 saturated heterocycles. The molecule has 0 amide bonds. The first-order valence-corrected chi connectivity index (χ1v) is 14.0. The minimum absolute atomic E-state index is 0.0675. The first-order valence-electron chi connectivity index (χ1n) is 11.7. The number of benzene rings is 2. The summed E-state index contributed by atoms with van der Waals surface area (Å²) in [4.78, 5) is 5.39. The first kappa shape index (κ1) is 24.0. The highest BCUT2D eigenvalue weighted by Gasteiger charge is 2.60. The van der Waals surface area contributed by atoms with Gasteiger partial charge in [0.15, 0.2) is 0 Å². The van der Waals surface area contributed by atoms with Crippen molar-refractivity contribution >= 4 is 21.5 Å². The number of hydrogen-bond donors (Lipinski definition) is 1. The van der Waals surface area contributed by atoms with Gasteiger partial charge in [-0.2, -0.15) is 30.6 Å². The Morgan fingerprint density at radius 2 is 1.81 bits per heavy atom. The summed E-state index contributed by atoms with van der Waals surface area (Å²) in [6.07, 6.45) is -0.138. The van der Waals surface area contributed by atoms with Gasteiger partial charge in [-0.25, -0.2) is 9.37 Å². The van der Waals surface area contributed by atoms with Crippen LogP contribution in [0.3, 0.4) is 0 Å². The van der Waals surface area contributed by atoms with Gasteiger partial charge in [0.05, 0.1) is 10.4 Å². The molecule has 6 rings (SSSR count). The lowest BCUT2D eigenvalue weighted by Gasteiger charge is -2.33. The predicted octanol–water partition coefficient (Wildman–Crippen LogP) is 5.19. The molecule has 1 aromatic heterocycles. The Bertz CT molecular complexity index is 1440. The van der Waals surface area contributed by atoms with Gasteiger partial charge in [-0.3, -0.25) is 0 Å². The van der Waals surface area contributed by atoms with Gasteiger partial charge in [0.25, 0.3) is 10.2 Å². The zero-order valence-corrected chi connectivity index (χ0v) is 20.7. The lowest BCUT2D eigenvalue weighted by molar-refractivity contribution is -0.136. The Morgan fingerprint density at radius 1 is 1.06 bits per heavy atom. The van der Waals surface area contributed by atoms with Crippen LogP contribution in [0.25, 0.3) is 21.0 Å². The largest absolute Gasteiger partial charge is 0.402 e. The molecule has 1 aliphatic heterocycles. The molecule has 3 unspecified atom stereocenters. The fourth-order valence-corrected chi connectivity index (χ4v) is 8.78. The van der Waals surface area contributed by atoms with Gasteiger partial charge in [-0.1, -0.05) is 24.3 Å². The Labute approximate surface area is 210 Å². The second-order valence-electron chi connectivity index (χ2n) is 9.93. The molecule has 1 spiro atoms. The first-order chi connectivity index (χ1) is 17.0. The number of hydrogen-bond acceptors (Lipinski definition) is 4. The number of nitrogens with zero attached hydrogens (tertiary/aromatic N) is 2. The van der Waals surface area contributed by atoms with Gasteiger partial charge in [0, 0.05) is 18.3 Å². The van der Waals surface area contributed by atoms with E-state index in [1.165, 1.54) is 23.5 Å². The maximum atomic E-state index is 13.6. The van der Waals surface area contributed by atoms with Crippen LogP contribution in [-0.4, -0.2) is 42.5 Å². The van der Waals surface area contributed by atoms with Crippen molar-refractivity contribution in [2.45, 2.75) is 37.4 Å². The van der Waals surface area contributed by atoms with Crippen molar-refractivity contribution in [1.29, 1.82) is 0 Å². The summed E-state index contributed by atoms with van der Waals surface area (Å²) in [6.45, 7) is -1.63. The van der Waals surface area contributed by atoms with E-state index in [2.05, 4.69) is 15.8 Å².